The van der Waals surface area contributed by atoms with Crippen molar-refractivity contribution in [2.24, 2.45) is 0 Å². The van der Waals surface area contributed by atoms with Crippen molar-refractivity contribution in [1.82, 2.24) is 0 Å². The van der Waals surface area contributed by atoms with Crippen LogP contribution in [0.25, 0.3) is 0 Å². The summed E-state index contributed by atoms with van der Waals surface area (Å²) in [4.78, 5) is 11.7. The minimum Gasteiger partial charge on any atom is -0.756 e. The lowest BCUT2D eigenvalue weighted by Crippen LogP contribution is -2.34. The fourth-order valence-electron chi connectivity index (χ4n) is 3.94. The van der Waals surface area contributed by atoms with Crippen molar-refractivity contribution in [3.05, 3.63) is 30.6 Å². The molecule has 1 unspecified atom stereocenters. The van der Waals surface area contributed by atoms with E-state index in [9.17, 15) is 9.46 Å². The van der Waals surface area contributed by atoms with Crippen molar-refractivity contribution in [1.29, 1.82) is 0 Å². The van der Waals surface area contributed by atoms with Gasteiger partial charge in [0.1, 0.15) is 6.61 Å². The third kappa shape index (κ3) is 20.6. The first-order valence-corrected chi connectivity index (χ1v) is 15.2. The zero-order valence-corrected chi connectivity index (χ0v) is 22.6. The van der Waals surface area contributed by atoms with Gasteiger partial charge in [-0.1, -0.05) is 109 Å². The summed E-state index contributed by atoms with van der Waals surface area (Å²) in [5, 5.41) is 0. The van der Waals surface area contributed by atoms with E-state index in [1.807, 2.05) is 35.2 Å². The van der Waals surface area contributed by atoms with Crippen molar-refractivity contribution in [3.8, 4) is 0 Å². The van der Waals surface area contributed by atoms with Gasteiger partial charge in [-0.3, -0.25) is 4.57 Å². The quantitative estimate of drug-likeness (QED) is 0.0845. The molecule has 7 heteroatoms. The highest BCUT2D eigenvalue weighted by molar-refractivity contribution is 7.45. The molecule has 34 heavy (non-hydrogen) atoms. The largest absolute Gasteiger partial charge is 0.756 e. The van der Waals surface area contributed by atoms with Gasteiger partial charge in [0.25, 0.3) is 7.82 Å². The van der Waals surface area contributed by atoms with Crippen LogP contribution in [-0.2, 0) is 24.9 Å². The molecule has 0 aromatic carbocycles. The second-order valence-corrected chi connectivity index (χ2v) is 10.6. The Balaban J connectivity index is 1.77. The van der Waals surface area contributed by atoms with Crippen LogP contribution in [0.1, 0.15) is 110 Å². The van der Waals surface area contributed by atoms with Crippen molar-refractivity contribution in [2.45, 2.75) is 116 Å². The van der Waals surface area contributed by atoms with E-state index in [-0.39, 0.29) is 19.8 Å². The average Bonchev–Trinajstić information content (AvgIpc) is 2.83. The maximum atomic E-state index is 11.7. The van der Waals surface area contributed by atoms with Gasteiger partial charge in [-0.25, -0.2) is 4.57 Å². The maximum absolute atomic E-state index is 11.7. The van der Waals surface area contributed by atoms with E-state index in [2.05, 4.69) is 6.92 Å². The van der Waals surface area contributed by atoms with Crippen LogP contribution in [0.3, 0.4) is 0 Å². The lowest BCUT2D eigenvalue weighted by molar-refractivity contribution is -0.697. The maximum Gasteiger partial charge on any atom is 0.268 e. The lowest BCUT2D eigenvalue weighted by Gasteiger charge is -2.21. The molecule has 0 saturated heterocycles. The number of nitrogens with zero attached hydrogens (tertiary/aromatic N) is 1. The first-order valence-electron chi connectivity index (χ1n) is 13.8. The Hall–Kier alpha value is -0.780. The molecule has 0 radical (unpaired) electrons. The molecule has 6 nitrogen and oxygen atoms in total. The number of hydrogen-bond acceptors (Lipinski definition) is 5. The molecule has 198 valence electrons. The van der Waals surface area contributed by atoms with Gasteiger partial charge in [0.05, 0.1) is 13.2 Å². The molecule has 1 aromatic heterocycles. The van der Waals surface area contributed by atoms with E-state index in [1.165, 1.54) is 96.3 Å². The first kappa shape index (κ1) is 31.3. The highest BCUT2D eigenvalue weighted by Gasteiger charge is 2.10. The van der Waals surface area contributed by atoms with Gasteiger partial charge in [-0.05, 0) is 6.42 Å². The van der Waals surface area contributed by atoms with Crippen LogP contribution in [-0.4, -0.2) is 26.4 Å². The number of hydrogen-bond donors (Lipinski definition) is 0. The summed E-state index contributed by atoms with van der Waals surface area (Å²) in [5.41, 5.74) is 0. The molecule has 1 atom stereocenters. The molecule has 0 aliphatic carbocycles. The van der Waals surface area contributed by atoms with Crippen molar-refractivity contribution in [3.63, 3.8) is 0 Å². The van der Waals surface area contributed by atoms with Gasteiger partial charge < -0.3 is 18.7 Å². The number of phosphoric ester groups is 1. The van der Waals surface area contributed by atoms with Crippen LogP contribution < -0.4 is 9.46 Å². The summed E-state index contributed by atoms with van der Waals surface area (Å²) < 4.78 is 28.8. The number of pyridine rings is 1. The molecule has 0 aliphatic heterocycles. The van der Waals surface area contributed by atoms with E-state index in [0.29, 0.717) is 13.2 Å². The molecule has 0 aliphatic rings. The molecule has 1 heterocycles. The van der Waals surface area contributed by atoms with Crippen molar-refractivity contribution >= 4 is 7.82 Å². The number of unbranched alkanes of at least 4 members (excludes halogenated alkanes) is 15. The second kappa shape index (κ2) is 22.7. The van der Waals surface area contributed by atoms with Crippen molar-refractivity contribution < 1.29 is 27.8 Å². The summed E-state index contributed by atoms with van der Waals surface area (Å²) >= 11 is 0. The number of aromatic nitrogens is 1. The third-order valence-corrected chi connectivity index (χ3v) is 6.99. The molecule has 0 N–H and O–H groups in total. The summed E-state index contributed by atoms with van der Waals surface area (Å²) in [5.74, 6) is 0. The molecule has 0 spiro atoms. The summed E-state index contributed by atoms with van der Waals surface area (Å²) in [6, 6.07) is 5.66. The van der Waals surface area contributed by atoms with Gasteiger partial charge >= 0.3 is 0 Å². The Morgan fingerprint density at radius 2 is 1.09 bits per heavy atom. The monoisotopic (exact) mass is 499 g/mol. The minimum absolute atomic E-state index is 0.00187. The van der Waals surface area contributed by atoms with Gasteiger partial charge in [-0.2, -0.15) is 0 Å². The molecule has 0 saturated carbocycles. The van der Waals surface area contributed by atoms with Crippen LogP contribution in [0.2, 0.25) is 0 Å². The fraction of sp³-hybridized carbons (Fsp3) is 0.815. The van der Waals surface area contributed by atoms with E-state index in [1.54, 1.807) is 0 Å². The second-order valence-electron chi connectivity index (χ2n) is 9.14. The number of phosphoric acid groups is 1. The van der Waals surface area contributed by atoms with E-state index in [4.69, 9.17) is 13.8 Å². The number of rotatable bonds is 25. The van der Waals surface area contributed by atoms with Crippen LogP contribution >= 0.6 is 7.82 Å². The zero-order valence-electron chi connectivity index (χ0n) is 21.7. The summed E-state index contributed by atoms with van der Waals surface area (Å²) in [6.45, 7) is 3.69. The first-order chi connectivity index (χ1) is 16.6. The van der Waals surface area contributed by atoms with E-state index in [0.717, 1.165) is 6.42 Å². The molecule has 0 amide bonds. The molecular formula is C27H50NO5P. The smallest absolute Gasteiger partial charge is 0.268 e. The normalized spacial score (nSPS) is 13.2. The van der Waals surface area contributed by atoms with Crippen molar-refractivity contribution in [2.75, 3.05) is 26.4 Å². The van der Waals surface area contributed by atoms with Crippen LogP contribution in [0.5, 0.6) is 0 Å². The summed E-state index contributed by atoms with van der Waals surface area (Å²) in [7, 11) is -4.27. The predicted molar refractivity (Wildman–Crippen MR) is 137 cm³/mol. The Morgan fingerprint density at radius 1 is 0.618 bits per heavy atom. The Kier molecular flexibility index (Phi) is 20.8. The van der Waals surface area contributed by atoms with Gasteiger partial charge in [0.2, 0.25) is 0 Å². The van der Waals surface area contributed by atoms with E-state index < -0.39 is 7.82 Å². The molecule has 1 aromatic rings. The Bertz CT molecular complexity index is 602. The van der Waals surface area contributed by atoms with Crippen LogP contribution in [0.4, 0.5) is 0 Å². The van der Waals surface area contributed by atoms with E-state index >= 15 is 0 Å². The standard InChI is InChI=1S/C27H50NO5P/c1-2-3-4-5-6-7-8-9-10-11-12-13-14-15-16-20-24-31-26-27-33-34(29,30)32-25-23-28-21-18-17-19-22-28/h17-19,21-22H,2-16,20,23-27H2,1H3. The van der Waals surface area contributed by atoms with Gasteiger partial charge in [-0.15, -0.1) is 0 Å². The molecule has 0 bridgehead atoms. The predicted octanol–water partition coefficient (Wildman–Crippen LogP) is 6.75. The SMILES string of the molecule is CCCCCCCCCCCCCCCCCCOCCOP(=O)([O-])OCC[n+]1ccccc1. The Labute approximate surface area is 209 Å². The fourth-order valence-corrected chi connectivity index (χ4v) is 4.62. The number of ether oxygens (including phenoxy) is 1. The topological polar surface area (TPSA) is 71.7 Å². The Morgan fingerprint density at radius 3 is 1.62 bits per heavy atom. The average molecular weight is 500 g/mol. The van der Waals surface area contributed by atoms with Crippen LogP contribution in [0, 0.1) is 0 Å². The van der Waals surface area contributed by atoms with Gasteiger partial charge in [0.15, 0.2) is 18.9 Å². The highest BCUT2D eigenvalue weighted by Crippen LogP contribution is 2.37. The third-order valence-electron chi connectivity index (χ3n) is 6.00. The molecule has 0 fully saturated rings. The highest BCUT2D eigenvalue weighted by atomic mass is 31.2. The van der Waals surface area contributed by atoms with Crippen LogP contribution in [0.15, 0.2) is 30.6 Å². The zero-order chi connectivity index (χ0) is 24.6. The molecule has 1 rings (SSSR count). The molecular weight excluding hydrogens is 449 g/mol. The summed E-state index contributed by atoms with van der Waals surface area (Å²) in [6.07, 6.45) is 25.2. The minimum atomic E-state index is -4.27. The lowest BCUT2D eigenvalue weighted by atomic mass is 10.0. The van der Waals surface area contributed by atoms with Gasteiger partial charge in [0, 0.05) is 18.7 Å².